The van der Waals surface area contributed by atoms with Crippen LogP contribution in [-0.4, -0.2) is 18.1 Å². The molecule has 0 amide bonds. The number of carboxylic acids is 1. The highest BCUT2D eigenvalue weighted by Crippen LogP contribution is 2.19. The summed E-state index contributed by atoms with van der Waals surface area (Å²) in [6.07, 6.45) is 0. The minimum absolute atomic E-state index is 0.755. The van der Waals surface area contributed by atoms with Crippen LogP contribution >= 0.6 is 0 Å². The summed E-state index contributed by atoms with van der Waals surface area (Å²) in [5.74, 6) is -0.874. The molecule has 1 rings (SSSR count). The molecule has 3 nitrogen and oxygen atoms in total. The van der Waals surface area contributed by atoms with Gasteiger partial charge in [0, 0.05) is 0 Å². The molecule has 1 aromatic rings. The lowest BCUT2D eigenvalue weighted by Gasteiger charge is -2.24. The molecule has 70 valence electrons. The molecule has 0 heterocycles. The summed E-state index contributed by atoms with van der Waals surface area (Å²) in [6, 6.07) is 9.11. The molecule has 0 bridgehead atoms. The van der Waals surface area contributed by atoms with Crippen molar-refractivity contribution in [1.29, 1.82) is 0 Å². The van der Waals surface area contributed by atoms with Crippen LogP contribution in [0.1, 0.15) is 12.5 Å². The fourth-order valence-corrected chi connectivity index (χ4v) is 1.15. The lowest BCUT2D eigenvalue weighted by atomic mass is 9.92. The summed E-state index contributed by atoms with van der Waals surface area (Å²) in [7, 11) is 1.64. The Morgan fingerprint density at radius 2 is 1.92 bits per heavy atom. The smallest absolute Gasteiger partial charge is 0.328 e. The molecule has 0 fully saturated rings. The molecule has 0 spiro atoms. The molecule has 1 unspecified atom stereocenters. The predicted octanol–water partition coefficient (Wildman–Crippen LogP) is 1.21. The summed E-state index contributed by atoms with van der Waals surface area (Å²) in [5.41, 5.74) is -0.244. The van der Waals surface area contributed by atoms with Gasteiger partial charge >= 0.3 is 5.97 Å². The van der Waals surface area contributed by atoms with Crippen LogP contribution in [0.15, 0.2) is 30.3 Å². The Morgan fingerprint density at radius 1 is 1.38 bits per heavy atom. The van der Waals surface area contributed by atoms with Crippen molar-refractivity contribution in [2.75, 3.05) is 7.05 Å². The minimum Gasteiger partial charge on any atom is -0.480 e. The van der Waals surface area contributed by atoms with E-state index in [0.29, 0.717) is 0 Å². The molecule has 1 aromatic carbocycles. The van der Waals surface area contributed by atoms with Crippen LogP contribution in [0.4, 0.5) is 0 Å². The van der Waals surface area contributed by atoms with Crippen molar-refractivity contribution in [2.24, 2.45) is 0 Å². The molecule has 13 heavy (non-hydrogen) atoms. The number of aliphatic carboxylic acids is 1. The number of rotatable bonds is 3. The predicted molar refractivity (Wildman–Crippen MR) is 50.5 cm³/mol. The van der Waals surface area contributed by atoms with E-state index >= 15 is 0 Å². The first-order chi connectivity index (χ1) is 6.11. The SMILES string of the molecule is CNC(C)(C(=O)O)c1ccccc1. The summed E-state index contributed by atoms with van der Waals surface area (Å²) in [4.78, 5) is 11.0. The highest BCUT2D eigenvalue weighted by Gasteiger charge is 2.32. The van der Waals surface area contributed by atoms with E-state index in [1.807, 2.05) is 18.2 Å². The van der Waals surface area contributed by atoms with Gasteiger partial charge in [-0.05, 0) is 19.5 Å². The van der Waals surface area contributed by atoms with Crippen molar-refractivity contribution >= 4 is 5.97 Å². The van der Waals surface area contributed by atoms with Crippen LogP contribution in [0, 0.1) is 0 Å². The van der Waals surface area contributed by atoms with Crippen LogP contribution in [0.2, 0.25) is 0 Å². The lowest BCUT2D eigenvalue weighted by molar-refractivity contribution is -0.144. The average molecular weight is 179 g/mol. The van der Waals surface area contributed by atoms with Crippen LogP contribution in [0.25, 0.3) is 0 Å². The Kier molecular flexibility index (Phi) is 2.68. The maximum atomic E-state index is 11.0. The first-order valence-electron chi connectivity index (χ1n) is 4.09. The van der Waals surface area contributed by atoms with Crippen LogP contribution in [0.5, 0.6) is 0 Å². The van der Waals surface area contributed by atoms with Crippen molar-refractivity contribution in [2.45, 2.75) is 12.5 Å². The summed E-state index contributed by atoms with van der Waals surface area (Å²) in [5, 5.41) is 11.8. The highest BCUT2D eigenvalue weighted by atomic mass is 16.4. The Hall–Kier alpha value is -1.35. The Balaban J connectivity index is 3.11. The zero-order valence-corrected chi connectivity index (χ0v) is 7.74. The van der Waals surface area contributed by atoms with Crippen LogP contribution < -0.4 is 5.32 Å². The van der Waals surface area contributed by atoms with E-state index in [0.717, 1.165) is 5.56 Å². The Bertz CT molecular complexity index is 297. The largest absolute Gasteiger partial charge is 0.480 e. The molecule has 2 N–H and O–H groups in total. The molecular weight excluding hydrogens is 166 g/mol. The number of likely N-dealkylation sites (N-methyl/N-ethyl adjacent to an activating group) is 1. The zero-order valence-electron chi connectivity index (χ0n) is 7.74. The summed E-state index contributed by atoms with van der Waals surface area (Å²) in [6.45, 7) is 1.64. The van der Waals surface area contributed by atoms with Gasteiger partial charge in [0.15, 0.2) is 0 Å². The lowest BCUT2D eigenvalue weighted by Crippen LogP contribution is -2.44. The van der Waals surface area contributed by atoms with Crippen LogP contribution in [-0.2, 0) is 10.3 Å². The first kappa shape index (κ1) is 9.74. The Morgan fingerprint density at radius 3 is 2.31 bits per heavy atom. The molecule has 0 radical (unpaired) electrons. The summed E-state index contributed by atoms with van der Waals surface area (Å²) < 4.78 is 0. The van der Waals surface area contributed by atoms with Crippen LogP contribution in [0.3, 0.4) is 0 Å². The van der Waals surface area contributed by atoms with E-state index < -0.39 is 11.5 Å². The number of hydrogen-bond donors (Lipinski definition) is 2. The topological polar surface area (TPSA) is 49.3 Å². The van der Waals surface area contributed by atoms with E-state index in [1.165, 1.54) is 0 Å². The maximum Gasteiger partial charge on any atom is 0.328 e. The number of carboxylic acid groups (broad SMARTS) is 1. The third-order valence-corrected chi connectivity index (χ3v) is 2.28. The monoisotopic (exact) mass is 179 g/mol. The van der Waals surface area contributed by atoms with Gasteiger partial charge in [-0.2, -0.15) is 0 Å². The molecule has 0 saturated heterocycles. The molecule has 0 aliphatic rings. The van der Waals surface area contributed by atoms with Gasteiger partial charge in [-0.15, -0.1) is 0 Å². The van der Waals surface area contributed by atoms with Gasteiger partial charge in [0.05, 0.1) is 0 Å². The van der Waals surface area contributed by atoms with Crippen molar-refractivity contribution in [3.05, 3.63) is 35.9 Å². The standard InChI is InChI=1S/C10H13NO2/c1-10(11-2,9(12)13)8-6-4-3-5-7-8/h3-7,11H,1-2H3,(H,12,13). The second-order valence-electron chi connectivity index (χ2n) is 3.05. The van der Waals surface area contributed by atoms with E-state index in [1.54, 1.807) is 26.1 Å². The van der Waals surface area contributed by atoms with Gasteiger partial charge in [0.25, 0.3) is 0 Å². The second-order valence-corrected chi connectivity index (χ2v) is 3.05. The van der Waals surface area contributed by atoms with E-state index in [2.05, 4.69) is 5.32 Å². The fraction of sp³-hybridized carbons (Fsp3) is 0.300. The number of carbonyl (C=O) groups is 1. The van der Waals surface area contributed by atoms with Gasteiger partial charge in [0.1, 0.15) is 5.54 Å². The second kappa shape index (κ2) is 3.58. The van der Waals surface area contributed by atoms with Gasteiger partial charge in [-0.25, -0.2) is 4.79 Å². The van der Waals surface area contributed by atoms with Crippen molar-refractivity contribution in [3.63, 3.8) is 0 Å². The van der Waals surface area contributed by atoms with Crippen molar-refractivity contribution in [1.82, 2.24) is 5.32 Å². The summed E-state index contributed by atoms with van der Waals surface area (Å²) >= 11 is 0. The Labute approximate surface area is 77.4 Å². The zero-order chi connectivity index (χ0) is 9.90. The van der Waals surface area contributed by atoms with Gasteiger partial charge < -0.3 is 10.4 Å². The van der Waals surface area contributed by atoms with Gasteiger partial charge in [0.2, 0.25) is 0 Å². The minimum atomic E-state index is -0.999. The van der Waals surface area contributed by atoms with E-state index in [-0.39, 0.29) is 0 Å². The van der Waals surface area contributed by atoms with Crippen molar-refractivity contribution in [3.8, 4) is 0 Å². The third-order valence-electron chi connectivity index (χ3n) is 2.28. The molecule has 0 saturated carbocycles. The molecule has 0 aliphatic carbocycles. The number of benzene rings is 1. The van der Waals surface area contributed by atoms with Gasteiger partial charge in [-0.3, -0.25) is 0 Å². The first-order valence-corrected chi connectivity index (χ1v) is 4.09. The molecule has 0 aliphatic heterocycles. The molecule has 3 heteroatoms. The average Bonchev–Trinajstić information content (AvgIpc) is 2.17. The number of nitrogens with one attached hydrogen (secondary N) is 1. The molecular formula is C10H13NO2. The normalized spacial score (nSPS) is 14.9. The van der Waals surface area contributed by atoms with Gasteiger partial charge in [-0.1, -0.05) is 30.3 Å². The molecule has 1 atom stereocenters. The third kappa shape index (κ3) is 1.70. The van der Waals surface area contributed by atoms with Crippen molar-refractivity contribution < 1.29 is 9.90 Å². The quantitative estimate of drug-likeness (QED) is 0.733. The van der Waals surface area contributed by atoms with E-state index in [9.17, 15) is 4.79 Å². The molecule has 0 aromatic heterocycles. The fourth-order valence-electron chi connectivity index (χ4n) is 1.15. The van der Waals surface area contributed by atoms with E-state index in [4.69, 9.17) is 5.11 Å². The highest BCUT2D eigenvalue weighted by molar-refractivity contribution is 5.80. The number of hydrogen-bond acceptors (Lipinski definition) is 2. The maximum absolute atomic E-state index is 11.0.